The monoisotopic (exact) mass is 883 g/mol. The van der Waals surface area contributed by atoms with E-state index in [2.05, 4.69) is 66.2 Å². The normalized spacial score (nSPS) is 10.9. The Morgan fingerprint density at radius 1 is 0.492 bits per heavy atom. The van der Waals surface area contributed by atoms with Gasteiger partial charge in [0.1, 0.15) is 27.9 Å². The summed E-state index contributed by atoms with van der Waals surface area (Å²) in [5, 5.41) is 27.1. The number of H-pyrrole nitrogens is 3. The third-order valence-corrected chi connectivity index (χ3v) is 10.3. The van der Waals surface area contributed by atoms with Gasteiger partial charge in [-0.05, 0) is 84.9 Å². The summed E-state index contributed by atoms with van der Waals surface area (Å²) >= 11 is 5.80. The van der Waals surface area contributed by atoms with Gasteiger partial charge in [0.25, 0.3) is 0 Å². The highest BCUT2D eigenvalue weighted by molar-refractivity contribution is 6.58. The highest BCUT2D eigenvalue weighted by Gasteiger charge is 2.11. The van der Waals surface area contributed by atoms with E-state index in [1.165, 1.54) is 18.3 Å². The second-order valence-electron chi connectivity index (χ2n) is 14.2. The molecule has 0 saturated carbocycles. The summed E-state index contributed by atoms with van der Waals surface area (Å²) in [6, 6.07) is 26.9. The maximum absolute atomic E-state index is 12.9. The van der Waals surface area contributed by atoms with Crippen molar-refractivity contribution in [3.63, 3.8) is 0 Å². The number of rotatable bonds is 4. The number of hydrogen-bond donors (Lipinski definition) is 6. The largest absolute Gasteiger partial charge is 0.490 e. The van der Waals surface area contributed by atoms with Crippen LogP contribution in [0, 0.1) is 11.9 Å². The number of aromatic nitrogens is 12. The number of fused-ring (bicyclic) bond motifs is 9. The van der Waals surface area contributed by atoms with Crippen molar-refractivity contribution in [1.82, 2.24) is 59.8 Å². The van der Waals surface area contributed by atoms with Crippen molar-refractivity contribution in [2.24, 2.45) is 0 Å². The molecule has 0 fully saturated rings. The number of pyridine rings is 9. The molecule has 65 heavy (non-hydrogen) atoms. The molecule has 0 bridgehead atoms. The number of nitrogens with zero attached hydrogens (tertiary/aromatic N) is 9. The van der Waals surface area contributed by atoms with Crippen LogP contribution in [0.15, 0.2) is 147 Å². The van der Waals surface area contributed by atoms with E-state index in [-0.39, 0.29) is 5.46 Å². The minimum Gasteiger partial charge on any atom is -0.423 e. The molecule has 0 aliphatic carbocycles. The van der Waals surface area contributed by atoms with E-state index in [1.54, 1.807) is 43.1 Å². The summed E-state index contributed by atoms with van der Waals surface area (Å²) in [5.74, 6) is -0.285. The summed E-state index contributed by atoms with van der Waals surface area (Å²) in [5.41, 5.74) is 9.01. The van der Waals surface area contributed by atoms with Crippen LogP contribution >= 0.6 is 11.6 Å². The molecule has 0 spiro atoms. The van der Waals surface area contributed by atoms with Crippen molar-refractivity contribution in [3.8, 4) is 22.5 Å². The highest BCUT2D eigenvalue weighted by atomic mass is 35.5. The Kier molecular flexibility index (Phi) is 12.0. The fraction of sp³-hybridized carbons (Fsp3) is 0.0217. The molecule has 0 saturated heterocycles. The van der Waals surface area contributed by atoms with Crippen LogP contribution in [0.25, 0.3) is 88.3 Å². The minimum atomic E-state index is -1.58. The van der Waals surface area contributed by atoms with Gasteiger partial charge >= 0.3 is 7.12 Å². The molecule has 0 aliphatic rings. The molecule has 6 N–H and O–H groups in total. The molecule has 0 atom stereocenters. The second-order valence-corrected chi connectivity index (χ2v) is 14.6. The third-order valence-electron chi connectivity index (χ3n) is 10.1. The van der Waals surface area contributed by atoms with Crippen molar-refractivity contribution in [2.45, 2.75) is 0 Å². The molecular formula is C46H33BClF2N13O2. The smallest absolute Gasteiger partial charge is 0.423 e. The zero-order valence-electron chi connectivity index (χ0n) is 34.0. The van der Waals surface area contributed by atoms with Crippen molar-refractivity contribution in [2.75, 3.05) is 12.4 Å². The molecule has 318 valence electrons. The van der Waals surface area contributed by atoms with Crippen LogP contribution in [0.4, 0.5) is 14.6 Å². The maximum atomic E-state index is 12.9. The summed E-state index contributed by atoms with van der Waals surface area (Å²) < 4.78 is 24.9. The molecule has 19 heteroatoms. The van der Waals surface area contributed by atoms with Crippen molar-refractivity contribution in [1.29, 1.82) is 0 Å². The van der Waals surface area contributed by atoms with E-state index >= 15 is 0 Å². The van der Waals surface area contributed by atoms with Gasteiger partial charge < -0.3 is 30.3 Å². The van der Waals surface area contributed by atoms with Crippen LogP contribution in [0.3, 0.4) is 0 Å². The van der Waals surface area contributed by atoms with Gasteiger partial charge in [-0.2, -0.15) is 8.78 Å². The van der Waals surface area contributed by atoms with Crippen molar-refractivity contribution < 1.29 is 18.8 Å². The molecular weight excluding hydrogens is 851 g/mol. The summed E-state index contributed by atoms with van der Waals surface area (Å²) in [6.07, 6.45) is 15.1. The minimum absolute atomic E-state index is 0.182. The number of nitrogens with one attached hydrogen (secondary N) is 4. The Labute approximate surface area is 371 Å². The van der Waals surface area contributed by atoms with Gasteiger partial charge in [-0.1, -0.05) is 17.7 Å². The molecule has 0 aliphatic heterocycles. The summed E-state index contributed by atoms with van der Waals surface area (Å²) in [6.45, 7) is 0. The number of hydrogen-bond acceptors (Lipinski definition) is 12. The van der Waals surface area contributed by atoms with Gasteiger partial charge in [-0.25, -0.2) is 29.9 Å². The zero-order valence-corrected chi connectivity index (χ0v) is 34.7. The zero-order chi connectivity index (χ0) is 44.9. The van der Waals surface area contributed by atoms with E-state index in [9.17, 15) is 8.78 Å². The van der Waals surface area contributed by atoms with Gasteiger partial charge in [-0.15, -0.1) is 0 Å². The van der Waals surface area contributed by atoms with Crippen molar-refractivity contribution in [3.05, 3.63) is 164 Å². The van der Waals surface area contributed by atoms with Gasteiger partial charge in [0, 0.05) is 93.1 Å². The number of aromatic amines is 3. The quantitative estimate of drug-likeness (QED) is 0.0729. The van der Waals surface area contributed by atoms with E-state index in [1.807, 2.05) is 74.0 Å². The predicted octanol–water partition coefficient (Wildman–Crippen LogP) is 8.19. The van der Waals surface area contributed by atoms with Gasteiger partial charge in [-0.3, -0.25) is 15.0 Å². The lowest BCUT2D eigenvalue weighted by molar-refractivity contribution is 0.425. The second kappa shape index (κ2) is 18.6. The number of anilines is 1. The summed E-state index contributed by atoms with van der Waals surface area (Å²) in [4.78, 5) is 46.6. The number of halogens is 3. The molecule has 0 amide bonds. The molecule has 12 rings (SSSR count). The van der Waals surface area contributed by atoms with Gasteiger partial charge in [0.05, 0.1) is 46.5 Å². The fourth-order valence-electron chi connectivity index (χ4n) is 6.94. The first-order valence-corrected chi connectivity index (χ1v) is 20.1. The molecule has 0 radical (unpaired) electrons. The average molecular weight is 884 g/mol. The average Bonchev–Trinajstić information content (AvgIpc) is 4.03. The van der Waals surface area contributed by atoms with Crippen LogP contribution < -0.4 is 10.8 Å². The molecule has 12 aromatic heterocycles. The van der Waals surface area contributed by atoms with Crippen LogP contribution in [0.1, 0.15) is 0 Å². The SMILES string of the molecule is CNc1ccc(-c2ccc3c(n2)[nH]c2cnccc23)cn1.Clc1ccc2c(n1)[nH]c1cnccc12.Fc1ccc(-c2ccc3c(n2)[nH]c2cnccc23)cn1.OB(O)c1ccc(F)nc1. The van der Waals surface area contributed by atoms with Gasteiger partial charge in [0.15, 0.2) is 0 Å². The van der Waals surface area contributed by atoms with E-state index in [0.717, 1.165) is 106 Å². The molecule has 0 aromatic carbocycles. The first-order chi connectivity index (χ1) is 31.7. The fourth-order valence-corrected chi connectivity index (χ4v) is 7.09. The first-order valence-electron chi connectivity index (χ1n) is 19.8. The Morgan fingerprint density at radius 3 is 1.38 bits per heavy atom. The highest BCUT2D eigenvalue weighted by Crippen LogP contribution is 2.28. The Morgan fingerprint density at radius 2 is 0.954 bits per heavy atom. The lowest BCUT2D eigenvalue weighted by Crippen LogP contribution is -2.30. The molecule has 12 heterocycles. The molecule has 15 nitrogen and oxygen atoms in total. The van der Waals surface area contributed by atoms with E-state index in [0.29, 0.717) is 5.15 Å². The van der Waals surface area contributed by atoms with Crippen molar-refractivity contribution >= 4 is 95.8 Å². The van der Waals surface area contributed by atoms with E-state index < -0.39 is 19.0 Å². The van der Waals surface area contributed by atoms with Crippen LogP contribution in [0.5, 0.6) is 0 Å². The van der Waals surface area contributed by atoms with Crippen LogP contribution in [-0.2, 0) is 0 Å². The van der Waals surface area contributed by atoms with E-state index in [4.69, 9.17) is 26.6 Å². The van der Waals surface area contributed by atoms with Gasteiger partial charge in [0.2, 0.25) is 11.9 Å². The molecule has 12 aromatic rings. The Balaban J connectivity index is 0.000000113. The standard InChI is InChI=1S/C16H13N5.C15H9FN4.C10H6ClN3.C5H5BFNO2/c1-17-15-5-2-10(8-19-15)13-4-3-12-11-6-7-18-9-14(11)21-16(12)20-13;16-14-4-1-9(7-18-14)12-3-2-11-10-5-6-17-8-13(10)20-15(11)19-12;11-9-2-1-7-6-3-4-12-5-8(6)13-10(7)14-9;7-5-2-1-4(3-8-5)6(9)10/h2-9H,1H3,(H,17,19)(H,20,21);1-8H,(H,19,20);1-5H,(H,13,14);1-3,9-10H. The topological polar surface area (TPSA) is 216 Å². The lowest BCUT2D eigenvalue weighted by Gasteiger charge is -2.02. The Hall–Kier alpha value is -8.32. The third kappa shape index (κ3) is 9.25. The lowest BCUT2D eigenvalue weighted by atomic mass is 9.82. The summed E-state index contributed by atoms with van der Waals surface area (Å²) in [7, 11) is 0.276. The first kappa shape index (κ1) is 42.0. The van der Waals surface area contributed by atoms with Crippen LogP contribution in [0.2, 0.25) is 5.15 Å². The van der Waals surface area contributed by atoms with Crippen LogP contribution in [-0.4, -0.2) is 84.0 Å². The maximum Gasteiger partial charge on any atom is 0.490 e. The molecule has 0 unspecified atom stereocenters. The predicted molar refractivity (Wildman–Crippen MR) is 249 cm³/mol. The Bertz CT molecular complexity index is 3570.